The van der Waals surface area contributed by atoms with E-state index >= 15 is 0 Å². The van der Waals surface area contributed by atoms with Crippen LogP contribution in [0.1, 0.15) is 60.5 Å². The minimum Gasteiger partial charge on any atom is -0.507 e. The number of fused-ring (bicyclic) bond motifs is 1. The Bertz CT molecular complexity index is 1830. The minimum absolute atomic E-state index is 0.0552. The van der Waals surface area contributed by atoms with E-state index in [4.69, 9.17) is 4.42 Å². The summed E-state index contributed by atoms with van der Waals surface area (Å²) in [6.07, 6.45) is 3.23. The summed E-state index contributed by atoms with van der Waals surface area (Å²) in [5.41, 5.74) is 3.01. The van der Waals surface area contributed by atoms with E-state index in [0.717, 1.165) is 30.4 Å². The lowest BCUT2D eigenvalue weighted by molar-refractivity contribution is 0.379. The number of sulfonamides is 1. The molecule has 2 heterocycles. The second-order valence-corrected chi connectivity index (χ2v) is 12.2. The molecule has 1 aliphatic carbocycles. The summed E-state index contributed by atoms with van der Waals surface area (Å²) >= 11 is 0. The number of nitrogens with one attached hydrogen (secondary N) is 2. The van der Waals surface area contributed by atoms with Crippen molar-refractivity contribution < 1.29 is 17.9 Å². The van der Waals surface area contributed by atoms with Crippen LogP contribution < -0.4 is 10.3 Å². The molecule has 2 atom stereocenters. The lowest BCUT2D eigenvalue weighted by atomic mass is 9.86. The number of imidazole rings is 1. The van der Waals surface area contributed by atoms with Crippen molar-refractivity contribution in [2.45, 2.75) is 49.6 Å². The van der Waals surface area contributed by atoms with Gasteiger partial charge in [0.15, 0.2) is 0 Å². The monoisotopic (exact) mass is 569 g/mol. The maximum Gasteiger partial charge on any atom is 0.343 e. The van der Waals surface area contributed by atoms with E-state index in [-0.39, 0.29) is 28.3 Å². The van der Waals surface area contributed by atoms with Gasteiger partial charge < -0.3 is 14.5 Å². The number of H-pyrrole nitrogens is 1. The minimum atomic E-state index is -3.99. The Kier molecular flexibility index (Phi) is 7.13. The van der Waals surface area contributed by atoms with Gasteiger partial charge in [0.1, 0.15) is 11.5 Å². The fourth-order valence-corrected chi connectivity index (χ4v) is 6.50. The number of nitrogens with zero attached hydrogens (tertiary/aromatic N) is 1. The number of aromatic hydroxyl groups is 1. The summed E-state index contributed by atoms with van der Waals surface area (Å²) in [6, 6.07) is 25.6. The summed E-state index contributed by atoms with van der Waals surface area (Å²) in [5, 5.41) is 11.0. The van der Waals surface area contributed by atoms with E-state index in [1.165, 1.54) is 0 Å². The molecule has 1 saturated carbocycles. The molecular weight excluding hydrogens is 538 g/mol. The zero-order chi connectivity index (χ0) is 28.6. The Hall–Kier alpha value is -4.37. The summed E-state index contributed by atoms with van der Waals surface area (Å²) < 4.78 is 34.7. The standard InChI is InChI=1S/C32H31N3O5S/c1-2-21(17-20-9-4-3-5-10-20)28-19-27(36)30(31(37)40-28)29(22-15-16-22)23-11-8-12-24(18-23)35-41(38,39)32-33-25-13-6-7-14-26(25)34-32/h3-14,18-19,21-22,29,35-36H,2,15-17H2,1H3,(H,33,34)/t21-,29?/m1/s1. The van der Waals surface area contributed by atoms with Crippen molar-refractivity contribution in [3.63, 3.8) is 0 Å². The molecule has 1 unspecified atom stereocenters. The molecule has 3 aromatic carbocycles. The van der Waals surface area contributed by atoms with Crippen molar-refractivity contribution >= 4 is 26.7 Å². The third kappa shape index (κ3) is 5.63. The number of hydrogen-bond acceptors (Lipinski definition) is 6. The van der Waals surface area contributed by atoms with Gasteiger partial charge in [-0.15, -0.1) is 0 Å². The summed E-state index contributed by atoms with van der Waals surface area (Å²) in [4.78, 5) is 20.5. The van der Waals surface area contributed by atoms with Crippen LogP contribution in [-0.4, -0.2) is 23.5 Å². The second kappa shape index (κ2) is 10.9. The van der Waals surface area contributed by atoms with Gasteiger partial charge in [-0.3, -0.25) is 4.72 Å². The van der Waals surface area contributed by atoms with Crippen LogP contribution in [-0.2, 0) is 16.4 Å². The summed E-state index contributed by atoms with van der Waals surface area (Å²) in [7, 11) is -3.99. The summed E-state index contributed by atoms with van der Waals surface area (Å²) in [6.45, 7) is 2.03. The van der Waals surface area contributed by atoms with Gasteiger partial charge in [-0.1, -0.05) is 61.5 Å². The predicted molar refractivity (Wildman–Crippen MR) is 158 cm³/mol. The molecule has 1 fully saturated rings. The van der Waals surface area contributed by atoms with E-state index in [0.29, 0.717) is 28.9 Å². The average Bonchev–Trinajstić information content (AvgIpc) is 3.70. The molecule has 0 saturated heterocycles. The zero-order valence-electron chi connectivity index (χ0n) is 22.6. The number of aromatic amines is 1. The lowest BCUT2D eigenvalue weighted by Crippen LogP contribution is -2.18. The Morgan fingerprint density at radius 1 is 1.02 bits per heavy atom. The molecule has 3 N–H and O–H groups in total. The molecule has 6 rings (SSSR count). The van der Waals surface area contributed by atoms with Crippen LogP contribution in [0.15, 0.2) is 99.3 Å². The topological polar surface area (TPSA) is 125 Å². The van der Waals surface area contributed by atoms with Gasteiger partial charge >= 0.3 is 5.63 Å². The molecule has 9 heteroatoms. The zero-order valence-corrected chi connectivity index (χ0v) is 23.4. The molecule has 1 aliphatic rings. The predicted octanol–water partition coefficient (Wildman–Crippen LogP) is 6.30. The molecule has 2 aromatic heterocycles. The van der Waals surface area contributed by atoms with Crippen molar-refractivity contribution in [1.82, 2.24) is 9.97 Å². The second-order valence-electron chi connectivity index (χ2n) is 10.6. The Labute approximate surface area is 238 Å². The SMILES string of the molecule is CC[C@H](Cc1ccccc1)c1cc(O)c(C(c2cccc(NS(=O)(=O)c3nc4ccccc4[nH]3)c2)C2CC2)c(=O)o1. The quantitative estimate of drug-likeness (QED) is 0.181. The molecule has 0 radical (unpaired) electrons. The number of anilines is 1. The molecule has 8 nitrogen and oxygen atoms in total. The van der Waals surface area contributed by atoms with Gasteiger partial charge in [-0.05, 0) is 67.0 Å². The van der Waals surface area contributed by atoms with Crippen LogP contribution in [0.5, 0.6) is 5.75 Å². The largest absolute Gasteiger partial charge is 0.507 e. The number of rotatable bonds is 10. The number of hydrogen-bond donors (Lipinski definition) is 3. The van der Waals surface area contributed by atoms with E-state index < -0.39 is 21.6 Å². The van der Waals surface area contributed by atoms with Gasteiger partial charge in [-0.25, -0.2) is 9.78 Å². The van der Waals surface area contributed by atoms with Crippen LogP contribution >= 0.6 is 0 Å². The number of para-hydroxylation sites is 2. The highest BCUT2D eigenvalue weighted by Gasteiger charge is 2.38. The summed E-state index contributed by atoms with van der Waals surface area (Å²) in [5.74, 6) is 0.0335. The van der Waals surface area contributed by atoms with E-state index in [2.05, 4.69) is 14.7 Å². The van der Waals surface area contributed by atoms with Gasteiger partial charge in [0.25, 0.3) is 10.0 Å². The Morgan fingerprint density at radius 3 is 2.49 bits per heavy atom. The molecule has 0 spiro atoms. The van der Waals surface area contributed by atoms with Crippen molar-refractivity contribution in [3.05, 3.63) is 118 Å². The highest BCUT2D eigenvalue weighted by Crippen LogP contribution is 2.48. The first-order valence-electron chi connectivity index (χ1n) is 13.8. The molecule has 0 bridgehead atoms. The fraction of sp³-hybridized carbons (Fsp3) is 0.250. The smallest absolute Gasteiger partial charge is 0.343 e. The van der Waals surface area contributed by atoms with Crippen LogP contribution in [0.3, 0.4) is 0 Å². The van der Waals surface area contributed by atoms with E-state index in [1.807, 2.05) is 43.3 Å². The van der Waals surface area contributed by atoms with Crippen molar-refractivity contribution in [1.29, 1.82) is 0 Å². The first-order chi connectivity index (χ1) is 19.8. The molecule has 0 amide bonds. The fourth-order valence-electron chi connectivity index (χ4n) is 5.50. The molecule has 41 heavy (non-hydrogen) atoms. The highest BCUT2D eigenvalue weighted by atomic mass is 32.2. The Balaban J connectivity index is 1.30. The number of benzene rings is 3. The molecule has 5 aromatic rings. The molecular formula is C32H31N3O5S. The first kappa shape index (κ1) is 26.8. The normalized spacial score (nSPS) is 15.0. The van der Waals surface area contributed by atoms with Gasteiger partial charge in [0.05, 0.1) is 16.6 Å². The third-order valence-electron chi connectivity index (χ3n) is 7.73. The Morgan fingerprint density at radius 2 is 1.78 bits per heavy atom. The van der Waals surface area contributed by atoms with E-state index in [1.54, 1.807) is 48.5 Å². The number of aromatic nitrogens is 2. The van der Waals surface area contributed by atoms with Gasteiger partial charge in [-0.2, -0.15) is 8.42 Å². The van der Waals surface area contributed by atoms with Crippen LogP contribution in [0.4, 0.5) is 5.69 Å². The van der Waals surface area contributed by atoms with Crippen molar-refractivity contribution in [3.8, 4) is 5.75 Å². The van der Waals surface area contributed by atoms with Gasteiger partial charge in [0, 0.05) is 23.6 Å². The highest BCUT2D eigenvalue weighted by molar-refractivity contribution is 7.92. The third-order valence-corrected chi connectivity index (χ3v) is 8.94. The average molecular weight is 570 g/mol. The van der Waals surface area contributed by atoms with Gasteiger partial charge in [0.2, 0.25) is 5.16 Å². The molecule has 210 valence electrons. The van der Waals surface area contributed by atoms with Crippen molar-refractivity contribution in [2.75, 3.05) is 4.72 Å². The van der Waals surface area contributed by atoms with Crippen LogP contribution in [0.2, 0.25) is 0 Å². The van der Waals surface area contributed by atoms with Crippen molar-refractivity contribution in [2.24, 2.45) is 5.92 Å². The van der Waals surface area contributed by atoms with E-state index in [9.17, 15) is 18.3 Å². The lowest BCUT2D eigenvalue weighted by Gasteiger charge is -2.20. The van der Waals surface area contributed by atoms with Crippen LogP contribution in [0, 0.1) is 5.92 Å². The molecule has 0 aliphatic heterocycles. The first-order valence-corrected chi connectivity index (χ1v) is 15.3. The maximum absolute atomic E-state index is 13.4. The van der Waals surface area contributed by atoms with Crippen LogP contribution in [0.25, 0.3) is 11.0 Å². The maximum atomic E-state index is 13.4.